The topological polar surface area (TPSA) is 83.4 Å². The quantitative estimate of drug-likeness (QED) is 0.680. The first-order valence-corrected chi connectivity index (χ1v) is 10.2. The SMILES string of the molecule is C[C@H]1CCCCN1C(=O)CSc1nc(-c2cccc(F)c2)nc2cc(=O)[nH]n12. The van der Waals surface area contributed by atoms with Crippen molar-refractivity contribution < 1.29 is 9.18 Å². The van der Waals surface area contributed by atoms with E-state index < -0.39 is 5.82 Å². The average molecular weight is 401 g/mol. The molecule has 146 valence electrons. The van der Waals surface area contributed by atoms with Crippen molar-refractivity contribution in [1.82, 2.24) is 24.5 Å². The summed E-state index contributed by atoms with van der Waals surface area (Å²) >= 11 is 1.24. The van der Waals surface area contributed by atoms with Crippen molar-refractivity contribution >= 4 is 23.3 Å². The van der Waals surface area contributed by atoms with Gasteiger partial charge in [0.1, 0.15) is 5.82 Å². The molecule has 1 N–H and O–H groups in total. The number of thioether (sulfide) groups is 1. The number of carbonyl (C=O) groups excluding carboxylic acids is 1. The van der Waals surface area contributed by atoms with E-state index in [1.54, 1.807) is 12.1 Å². The molecule has 9 heteroatoms. The third-order valence-electron chi connectivity index (χ3n) is 4.86. The maximum atomic E-state index is 13.6. The highest BCUT2D eigenvalue weighted by Crippen LogP contribution is 2.24. The number of aromatic amines is 1. The minimum atomic E-state index is -0.393. The highest BCUT2D eigenvalue weighted by molar-refractivity contribution is 7.99. The smallest absolute Gasteiger partial charge is 0.266 e. The van der Waals surface area contributed by atoms with Crippen LogP contribution in [0.5, 0.6) is 0 Å². The van der Waals surface area contributed by atoms with Crippen molar-refractivity contribution in [2.45, 2.75) is 37.4 Å². The molecule has 0 bridgehead atoms. The van der Waals surface area contributed by atoms with Gasteiger partial charge in [0.25, 0.3) is 5.56 Å². The molecule has 3 aromatic rings. The number of hydrogen-bond donors (Lipinski definition) is 1. The van der Waals surface area contributed by atoms with Crippen molar-refractivity contribution in [1.29, 1.82) is 0 Å². The first-order valence-electron chi connectivity index (χ1n) is 9.19. The molecule has 2 aromatic heterocycles. The highest BCUT2D eigenvalue weighted by atomic mass is 32.2. The monoisotopic (exact) mass is 401 g/mol. The number of carbonyl (C=O) groups is 1. The van der Waals surface area contributed by atoms with E-state index in [4.69, 9.17) is 0 Å². The second-order valence-corrected chi connectivity index (χ2v) is 7.82. The molecule has 4 rings (SSSR count). The molecule has 7 nitrogen and oxygen atoms in total. The van der Waals surface area contributed by atoms with Crippen molar-refractivity contribution in [2.75, 3.05) is 12.3 Å². The van der Waals surface area contributed by atoms with Crippen LogP contribution in [0.25, 0.3) is 17.0 Å². The third-order valence-corrected chi connectivity index (χ3v) is 5.78. The number of amides is 1. The third kappa shape index (κ3) is 3.80. The zero-order valence-corrected chi connectivity index (χ0v) is 16.2. The lowest BCUT2D eigenvalue weighted by Gasteiger charge is -2.33. The number of benzene rings is 1. The van der Waals surface area contributed by atoms with Gasteiger partial charge in [0.2, 0.25) is 5.91 Å². The molecular weight excluding hydrogens is 381 g/mol. The highest BCUT2D eigenvalue weighted by Gasteiger charge is 2.23. The molecular formula is C19H20FN5O2S. The van der Waals surface area contributed by atoms with Crippen LogP contribution >= 0.6 is 11.8 Å². The number of rotatable bonds is 4. The lowest BCUT2D eigenvalue weighted by atomic mass is 10.0. The summed E-state index contributed by atoms with van der Waals surface area (Å²) in [5, 5.41) is 3.08. The average Bonchev–Trinajstić information content (AvgIpc) is 3.06. The zero-order valence-electron chi connectivity index (χ0n) is 15.4. The summed E-state index contributed by atoms with van der Waals surface area (Å²) in [4.78, 5) is 35.2. The van der Waals surface area contributed by atoms with Gasteiger partial charge in [-0.05, 0) is 38.3 Å². The van der Waals surface area contributed by atoms with E-state index >= 15 is 0 Å². The van der Waals surface area contributed by atoms with Crippen LogP contribution in [0.15, 0.2) is 40.3 Å². The van der Waals surface area contributed by atoms with E-state index in [0.29, 0.717) is 22.2 Å². The molecule has 1 aliphatic heterocycles. The van der Waals surface area contributed by atoms with E-state index in [1.807, 2.05) is 4.90 Å². The fourth-order valence-electron chi connectivity index (χ4n) is 3.42. The Morgan fingerprint density at radius 3 is 2.96 bits per heavy atom. The molecule has 0 spiro atoms. The summed E-state index contributed by atoms with van der Waals surface area (Å²) < 4.78 is 15.1. The minimum absolute atomic E-state index is 0.0470. The Labute approximate surface area is 165 Å². The van der Waals surface area contributed by atoms with Crippen LogP contribution in [-0.2, 0) is 4.79 Å². The van der Waals surface area contributed by atoms with Gasteiger partial charge in [0.05, 0.1) is 5.75 Å². The molecule has 28 heavy (non-hydrogen) atoms. The second-order valence-electron chi connectivity index (χ2n) is 6.87. The van der Waals surface area contributed by atoms with Gasteiger partial charge in [0.15, 0.2) is 16.6 Å². The van der Waals surface area contributed by atoms with E-state index in [2.05, 4.69) is 22.0 Å². The number of H-pyrrole nitrogens is 1. The van der Waals surface area contributed by atoms with Gasteiger partial charge in [-0.1, -0.05) is 23.9 Å². The molecule has 1 aromatic carbocycles. The molecule has 0 unspecified atom stereocenters. The Morgan fingerprint density at radius 1 is 1.32 bits per heavy atom. The Morgan fingerprint density at radius 2 is 2.18 bits per heavy atom. The summed E-state index contributed by atoms with van der Waals surface area (Å²) in [6, 6.07) is 7.55. The van der Waals surface area contributed by atoms with Crippen molar-refractivity contribution in [3.8, 4) is 11.4 Å². The predicted octanol–water partition coefficient (Wildman–Crippen LogP) is 2.72. The molecule has 1 aliphatic rings. The van der Waals surface area contributed by atoms with Gasteiger partial charge >= 0.3 is 0 Å². The first kappa shape index (κ1) is 18.7. The van der Waals surface area contributed by atoms with Gasteiger partial charge < -0.3 is 4.90 Å². The van der Waals surface area contributed by atoms with Crippen LogP contribution in [-0.4, -0.2) is 48.7 Å². The van der Waals surface area contributed by atoms with E-state index in [9.17, 15) is 14.0 Å². The number of halogens is 1. The number of aromatic nitrogens is 4. The molecule has 1 fully saturated rings. The van der Waals surface area contributed by atoms with Crippen LogP contribution in [0.1, 0.15) is 26.2 Å². The first-order chi connectivity index (χ1) is 13.5. The summed E-state index contributed by atoms with van der Waals surface area (Å²) in [6.45, 7) is 2.84. The lowest BCUT2D eigenvalue weighted by molar-refractivity contribution is -0.131. The molecule has 0 radical (unpaired) electrons. The fraction of sp³-hybridized carbons (Fsp3) is 0.368. The maximum absolute atomic E-state index is 13.6. The number of nitrogens with one attached hydrogen (secondary N) is 1. The molecule has 0 aliphatic carbocycles. The van der Waals surface area contributed by atoms with Crippen LogP contribution in [0.2, 0.25) is 0 Å². The zero-order chi connectivity index (χ0) is 19.7. The minimum Gasteiger partial charge on any atom is -0.339 e. The van der Waals surface area contributed by atoms with Crippen molar-refractivity contribution in [3.63, 3.8) is 0 Å². The Kier molecular flexibility index (Phi) is 5.17. The Bertz CT molecular complexity index is 1080. The number of nitrogens with zero attached hydrogens (tertiary/aromatic N) is 4. The predicted molar refractivity (Wildman–Crippen MR) is 105 cm³/mol. The van der Waals surface area contributed by atoms with Crippen molar-refractivity contribution in [2.24, 2.45) is 0 Å². The maximum Gasteiger partial charge on any atom is 0.266 e. The summed E-state index contributed by atoms with van der Waals surface area (Å²) in [5.41, 5.74) is 0.568. The number of likely N-dealkylation sites (tertiary alicyclic amines) is 1. The molecule has 1 atom stereocenters. The normalized spacial score (nSPS) is 17.2. The summed E-state index contributed by atoms with van der Waals surface area (Å²) in [5.74, 6) is 0.167. The van der Waals surface area contributed by atoms with E-state index in [1.165, 1.54) is 34.5 Å². The number of hydrogen-bond acceptors (Lipinski definition) is 5. The standard InChI is InChI=1S/C19H20FN5O2S/c1-12-5-2-3-8-24(12)17(27)11-28-19-22-18(13-6-4-7-14(20)9-13)21-15-10-16(26)23-25(15)19/h4,6-7,9-10,12H,2-3,5,8,11H2,1H3,(H,23,26)/t12-/m0/s1. The number of piperidine rings is 1. The Hall–Kier alpha value is -2.68. The van der Waals surface area contributed by atoms with Gasteiger partial charge in [-0.2, -0.15) is 0 Å². The van der Waals surface area contributed by atoms with Crippen LogP contribution < -0.4 is 5.56 Å². The number of fused-ring (bicyclic) bond motifs is 1. The van der Waals surface area contributed by atoms with Crippen molar-refractivity contribution in [3.05, 3.63) is 46.5 Å². The van der Waals surface area contributed by atoms with Crippen LogP contribution in [0.4, 0.5) is 4.39 Å². The van der Waals surface area contributed by atoms with Gasteiger partial charge in [0, 0.05) is 24.2 Å². The fourth-order valence-corrected chi connectivity index (χ4v) is 4.25. The molecule has 0 saturated carbocycles. The molecule has 1 saturated heterocycles. The summed E-state index contributed by atoms with van der Waals surface area (Å²) in [6.07, 6.45) is 3.18. The van der Waals surface area contributed by atoms with Crippen LogP contribution in [0.3, 0.4) is 0 Å². The Balaban J connectivity index is 1.64. The van der Waals surface area contributed by atoms with E-state index in [-0.39, 0.29) is 23.3 Å². The molecule has 3 heterocycles. The van der Waals surface area contributed by atoms with Gasteiger partial charge in [-0.3, -0.25) is 14.7 Å². The lowest BCUT2D eigenvalue weighted by Crippen LogP contribution is -2.43. The van der Waals surface area contributed by atoms with E-state index in [0.717, 1.165) is 25.8 Å². The second kappa shape index (κ2) is 7.75. The van der Waals surface area contributed by atoms with Gasteiger partial charge in [-0.25, -0.2) is 18.9 Å². The summed E-state index contributed by atoms with van der Waals surface area (Å²) in [7, 11) is 0. The molecule has 1 amide bonds. The van der Waals surface area contributed by atoms with Gasteiger partial charge in [-0.15, -0.1) is 0 Å². The van der Waals surface area contributed by atoms with Crippen LogP contribution in [0, 0.1) is 5.82 Å². The largest absolute Gasteiger partial charge is 0.339 e.